The van der Waals surface area contributed by atoms with Crippen LogP contribution in [0.15, 0.2) is 36.5 Å². The fourth-order valence-electron chi connectivity index (χ4n) is 1.80. The third kappa shape index (κ3) is 2.92. The highest BCUT2D eigenvalue weighted by molar-refractivity contribution is 5.53. The van der Waals surface area contributed by atoms with Crippen LogP contribution in [0.5, 0.6) is 11.6 Å². The molecule has 0 radical (unpaired) electrons. The largest absolute Gasteiger partial charge is 0.432 e. The number of nitro groups is 1. The lowest BCUT2D eigenvalue weighted by molar-refractivity contribution is -0.386. The first-order valence-electron chi connectivity index (χ1n) is 6.05. The van der Waals surface area contributed by atoms with Crippen LogP contribution in [0.25, 0.3) is 0 Å². The number of hydrogen-bond acceptors (Lipinski definition) is 5. The maximum absolute atomic E-state index is 11.1. The van der Waals surface area contributed by atoms with Gasteiger partial charge in [0.1, 0.15) is 0 Å². The Morgan fingerprint density at radius 3 is 2.80 bits per heavy atom. The van der Waals surface area contributed by atoms with Crippen LogP contribution in [0.2, 0.25) is 0 Å². The van der Waals surface area contributed by atoms with E-state index in [1.54, 1.807) is 38.1 Å². The lowest BCUT2D eigenvalue weighted by Crippen LogP contribution is -1.98. The summed E-state index contributed by atoms with van der Waals surface area (Å²) >= 11 is 0. The molecule has 0 aliphatic heterocycles. The number of pyridine rings is 1. The Labute approximate surface area is 115 Å². The van der Waals surface area contributed by atoms with E-state index in [1.165, 1.54) is 12.3 Å². The molecule has 2 aromatic rings. The monoisotopic (exact) mass is 274 g/mol. The van der Waals surface area contributed by atoms with Gasteiger partial charge in [-0.3, -0.25) is 10.1 Å². The van der Waals surface area contributed by atoms with E-state index in [0.717, 1.165) is 0 Å². The minimum Gasteiger partial charge on any atom is -0.432 e. The molecule has 104 valence electrons. The van der Waals surface area contributed by atoms with Gasteiger partial charge in [0, 0.05) is 17.8 Å². The minimum atomic E-state index is -0.659. The van der Waals surface area contributed by atoms with Crippen molar-refractivity contribution in [2.75, 3.05) is 0 Å². The zero-order chi connectivity index (χ0) is 14.7. The van der Waals surface area contributed by atoms with Crippen LogP contribution in [0.1, 0.15) is 24.2 Å². The Balaban J connectivity index is 2.38. The number of rotatable bonds is 4. The van der Waals surface area contributed by atoms with E-state index in [9.17, 15) is 15.2 Å². The van der Waals surface area contributed by atoms with Crippen LogP contribution < -0.4 is 4.74 Å². The molecule has 1 heterocycles. The lowest BCUT2D eigenvalue weighted by Gasteiger charge is -2.09. The van der Waals surface area contributed by atoms with Crippen molar-refractivity contribution in [3.8, 4) is 11.6 Å². The second-order valence-corrected chi connectivity index (χ2v) is 4.38. The molecule has 1 atom stereocenters. The van der Waals surface area contributed by atoms with Gasteiger partial charge < -0.3 is 9.84 Å². The van der Waals surface area contributed by atoms with Gasteiger partial charge >= 0.3 is 5.69 Å². The topological polar surface area (TPSA) is 85.5 Å². The van der Waals surface area contributed by atoms with Gasteiger partial charge in [-0.2, -0.15) is 0 Å². The van der Waals surface area contributed by atoms with Gasteiger partial charge in [0.2, 0.25) is 11.6 Å². The normalized spacial score (nSPS) is 11.9. The van der Waals surface area contributed by atoms with Crippen LogP contribution in [0.3, 0.4) is 0 Å². The van der Waals surface area contributed by atoms with Gasteiger partial charge in [-0.05, 0) is 31.5 Å². The van der Waals surface area contributed by atoms with E-state index in [-0.39, 0.29) is 17.3 Å². The average molecular weight is 274 g/mol. The van der Waals surface area contributed by atoms with E-state index < -0.39 is 11.0 Å². The van der Waals surface area contributed by atoms with Crippen molar-refractivity contribution >= 4 is 5.69 Å². The quantitative estimate of drug-likeness (QED) is 0.683. The van der Waals surface area contributed by atoms with Crippen molar-refractivity contribution in [2.45, 2.75) is 20.0 Å². The number of nitrogens with zero attached hydrogens (tertiary/aromatic N) is 2. The summed E-state index contributed by atoms with van der Waals surface area (Å²) in [6, 6.07) is 8.04. The van der Waals surface area contributed by atoms with Crippen LogP contribution in [-0.4, -0.2) is 15.0 Å². The Bertz CT molecular complexity index is 641. The second kappa shape index (κ2) is 5.66. The van der Waals surface area contributed by atoms with Crippen molar-refractivity contribution in [2.24, 2.45) is 0 Å². The molecule has 0 fully saturated rings. The third-order valence-corrected chi connectivity index (χ3v) is 2.84. The fourth-order valence-corrected chi connectivity index (χ4v) is 1.80. The SMILES string of the molecule is Cc1cccc(Oc2cc(C(C)O)ccn2)c1[N+](=O)[O-]. The van der Waals surface area contributed by atoms with Crippen molar-refractivity contribution < 1.29 is 14.8 Å². The number of aromatic nitrogens is 1. The van der Waals surface area contributed by atoms with Gasteiger partial charge in [0.15, 0.2) is 0 Å². The van der Waals surface area contributed by atoms with Crippen LogP contribution >= 0.6 is 0 Å². The van der Waals surface area contributed by atoms with Gasteiger partial charge in [0.25, 0.3) is 0 Å². The van der Waals surface area contributed by atoms with Gasteiger partial charge in [-0.1, -0.05) is 12.1 Å². The second-order valence-electron chi connectivity index (χ2n) is 4.38. The summed E-state index contributed by atoms with van der Waals surface area (Å²) in [6.45, 7) is 3.26. The molecule has 6 heteroatoms. The number of nitro benzene ring substituents is 1. The molecule has 1 aromatic carbocycles. The average Bonchev–Trinajstić information content (AvgIpc) is 2.38. The first-order chi connectivity index (χ1) is 9.49. The van der Waals surface area contributed by atoms with Crippen LogP contribution in [0, 0.1) is 17.0 Å². The van der Waals surface area contributed by atoms with Gasteiger partial charge in [0.05, 0.1) is 11.0 Å². The Morgan fingerprint density at radius 1 is 1.40 bits per heavy atom. The molecule has 6 nitrogen and oxygen atoms in total. The number of ether oxygens (including phenoxy) is 1. The first kappa shape index (κ1) is 14.0. The molecule has 1 N–H and O–H groups in total. The number of para-hydroxylation sites is 1. The molecule has 0 aliphatic rings. The third-order valence-electron chi connectivity index (χ3n) is 2.84. The summed E-state index contributed by atoms with van der Waals surface area (Å²) in [4.78, 5) is 14.6. The van der Waals surface area contributed by atoms with Gasteiger partial charge in [-0.25, -0.2) is 4.98 Å². The summed E-state index contributed by atoms with van der Waals surface area (Å²) in [5.41, 5.74) is 1.06. The standard InChI is InChI=1S/C14H14N2O4/c1-9-4-3-5-12(14(9)16(18)19)20-13-8-11(10(2)17)6-7-15-13/h3-8,10,17H,1-2H3. The van der Waals surface area contributed by atoms with E-state index in [4.69, 9.17) is 4.74 Å². The number of benzene rings is 1. The maximum Gasteiger partial charge on any atom is 0.314 e. The van der Waals surface area contributed by atoms with Crippen molar-refractivity contribution in [1.29, 1.82) is 0 Å². The van der Waals surface area contributed by atoms with Crippen LogP contribution in [-0.2, 0) is 0 Å². The Hall–Kier alpha value is -2.47. The molecule has 0 saturated carbocycles. The molecular weight excluding hydrogens is 260 g/mol. The number of hydrogen-bond donors (Lipinski definition) is 1. The summed E-state index contributed by atoms with van der Waals surface area (Å²) in [5.74, 6) is 0.336. The maximum atomic E-state index is 11.1. The fraction of sp³-hybridized carbons (Fsp3) is 0.214. The first-order valence-corrected chi connectivity index (χ1v) is 6.05. The molecule has 0 amide bonds. The molecule has 20 heavy (non-hydrogen) atoms. The molecule has 0 saturated heterocycles. The smallest absolute Gasteiger partial charge is 0.314 e. The summed E-state index contributed by atoms with van der Waals surface area (Å²) in [7, 11) is 0. The van der Waals surface area contributed by atoms with Crippen molar-refractivity contribution in [3.05, 3.63) is 57.8 Å². The number of aliphatic hydroxyl groups is 1. The predicted molar refractivity (Wildman–Crippen MR) is 72.8 cm³/mol. The number of aliphatic hydroxyl groups excluding tert-OH is 1. The lowest BCUT2D eigenvalue weighted by atomic mass is 10.2. The minimum absolute atomic E-state index is 0.0863. The highest BCUT2D eigenvalue weighted by atomic mass is 16.6. The van der Waals surface area contributed by atoms with E-state index in [2.05, 4.69) is 4.98 Å². The zero-order valence-corrected chi connectivity index (χ0v) is 11.1. The molecular formula is C14H14N2O4. The van der Waals surface area contributed by atoms with Crippen molar-refractivity contribution in [3.63, 3.8) is 0 Å². The summed E-state index contributed by atoms with van der Waals surface area (Å²) in [6.07, 6.45) is 0.826. The van der Waals surface area contributed by atoms with Crippen LogP contribution in [0.4, 0.5) is 5.69 Å². The predicted octanol–water partition coefficient (Wildman–Crippen LogP) is 3.14. The molecule has 0 spiro atoms. The summed E-state index contributed by atoms with van der Waals surface area (Å²) in [5, 5.41) is 20.6. The van der Waals surface area contributed by atoms with E-state index in [1.807, 2.05) is 0 Å². The summed E-state index contributed by atoms with van der Waals surface area (Å²) < 4.78 is 5.48. The van der Waals surface area contributed by atoms with Gasteiger partial charge in [-0.15, -0.1) is 0 Å². The van der Waals surface area contributed by atoms with Crippen molar-refractivity contribution in [1.82, 2.24) is 4.98 Å². The molecule has 1 unspecified atom stereocenters. The van der Waals surface area contributed by atoms with E-state index in [0.29, 0.717) is 11.1 Å². The molecule has 2 rings (SSSR count). The molecule has 0 aliphatic carbocycles. The highest BCUT2D eigenvalue weighted by Gasteiger charge is 2.19. The molecule has 0 bridgehead atoms. The molecule has 1 aromatic heterocycles. The number of aryl methyl sites for hydroxylation is 1. The Morgan fingerprint density at radius 2 is 2.15 bits per heavy atom. The zero-order valence-electron chi connectivity index (χ0n) is 11.1. The van der Waals surface area contributed by atoms with E-state index >= 15 is 0 Å². The Kier molecular flexibility index (Phi) is 3.95. The highest BCUT2D eigenvalue weighted by Crippen LogP contribution is 2.33.